The van der Waals surface area contributed by atoms with Gasteiger partial charge in [-0.3, -0.25) is 0 Å². The number of nitrogens with one attached hydrogen (secondary N) is 1. The van der Waals surface area contributed by atoms with E-state index in [4.69, 9.17) is 4.74 Å². The molecule has 0 radical (unpaired) electrons. The van der Waals surface area contributed by atoms with Gasteiger partial charge in [-0.05, 0) is 54.8 Å². The average Bonchev–Trinajstić information content (AvgIpc) is 2.40. The molecule has 1 fully saturated rings. The largest absolute Gasteiger partial charge is 0.368 e. The summed E-state index contributed by atoms with van der Waals surface area (Å²) in [7, 11) is 4.28. The first kappa shape index (κ1) is 15.9. The predicted molar refractivity (Wildman–Crippen MR) is 78.0 cm³/mol. The molecule has 0 aromatic carbocycles. The second-order valence-corrected chi connectivity index (χ2v) is 6.80. The van der Waals surface area contributed by atoms with Crippen LogP contribution < -0.4 is 5.32 Å². The van der Waals surface area contributed by atoms with Gasteiger partial charge in [-0.1, -0.05) is 13.3 Å². The van der Waals surface area contributed by atoms with Crippen molar-refractivity contribution in [2.24, 2.45) is 5.92 Å². The van der Waals surface area contributed by atoms with Crippen LogP contribution >= 0.6 is 0 Å². The molecule has 1 rings (SSSR count). The standard InChI is InChI=1S/C15H32N2O/c1-8-9-10-17(7)11-12-13(16-6)15(4,5)18-14(12,2)3/h12-13,16H,8-11H2,1-7H3. The van der Waals surface area contributed by atoms with Crippen LogP contribution in [0.3, 0.4) is 0 Å². The molecule has 0 aromatic heterocycles. The van der Waals surface area contributed by atoms with Crippen LogP contribution in [-0.2, 0) is 4.74 Å². The van der Waals surface area contributed by atoms with Gasteiger partial charge in [0.2, 0.25) is 0 Å². The molecule has 1 saturated heterocycles. The van der Waals surface area contributed by atoms with E-state index >= 15 is 0 Å². The third kappa shape index (κ3) is 3.46. The highest BCUT2D eigenvalue weighted by Crippen LogP contribution is 2.42. The number of likely N-dealkylation sites (N-methyl/N-ethyl adjacent to an activating group) is 1. The fourth-order valence-corrected chi connectivity index (χ4v) is 3.43. The minimum Gasteiger partial charge on any atom is -0.368 e. The fourth-order valence-electron chi connectivity index (χ4n) is 3.43. The Morgan fingerprint density at radius 3 is 2.28 bits per heavy atom. The number of rotatable bonds is 6. The van der Waals surface area contributed by atoms with Crippen LogP contribution in [0.15, 0.2) is 0 Å². The van der Waals surface area contributed by atoms with Crippen molar-refractivity contribution in [2.45, 2.75) is 64.7 Å². The molecule has 2 atom stereocenters. The van der Waals surface area contributed by atoms with Crippen molar-refractivity contribution in [3.63, 3.8) is 0 Å². The van der Waals surface area contributed by atoms with E-state index in [9.17, 15) is 0 Å². The Kier molecular flexibility index (Phi) is 5.22. The summed E-state index contributed by atoms with van der Waals surface area (Å²) in [4.78, 5) is 2.45. The summed E-state index contributed by atoms with van der Waals surface area (Å²) < 4.78 is 6.27. The van der Waals surface area contributed by atoms with Crippen LogP contribution in [-0.4, -0.2) is 49.3 Å². The maximum atomic E-state index is 6.27. The average molecular weight is 256 g/mol. The molecule has 0 saturated carbocycles. The Balaban J connectivity index is 2.71. The third-order valence-corrected chi connectivity index (χ3v) is 4.28. The SMILES string of the molecule is CCCCN(C)CC1C(NC)C(C)(C)OC1(C)C. The summed E-state index contributed by atoms with van der Waals surface area (Å²) in [5, 5.41) is 3.47. The van der Waals surface area contributed by atoms with Crippen molar-refractivity contribution < 1.29 is 4.74 Å². The number of ether oxygens (including phenoxy) is 1. The lowest BCUT2D eigenvalue weighted by molar-refractivity contribution is -0.0790. The van der Waals surface area contributed by atoms with E-state index in [-0.39, 0.29) is 11.2 Å². The molecule has 0 spiro atoms. The molecular formula is C15H32N2O. The molecular weight excluding hydrogens is 224 g/mol. The van der Waals surface area contributed by atoms with Crippen molar-refractivity contribution in [3.8, 4) is 0 Å². The predicted octanol–water partition coefficient (Wildman–Crippen LogP) is 2.51. The lowest BCUT2D eigenvalue weighted by atomic mass is 9.82. The Hall–Kier alpha value is -0.120. The summed E-state index contributed by atoms with van der Waals surface area (Å²) in [6.45, 7) is 13.4. The van der Waals surface area contributed by atoms with E-state index in [1.165, 1.54) is 19.4 Å². The highest BCUT2D eigenvalue weighted by atomic mass is 16.5. The zero-order valence-electron chi connectivity index (χ0n) is 13.3. The molecule has 0 bridgehead atoms. The summed E-state index contributed by atoms with van der Waals surface area (Å²) in [5.41, 5.74) is -0.147. The summed E-state index contributed by atoms with van der Waals surface area (Å²) in [6, 6.07) is 0.413. The quantitative estimate of drug-likeness (QED) is 0.790. The Bertz CT molecular complexity index is 263. The molecule has 0 aromatic rings. The number of nitrogens with zero attached hydrogens (tertiary/aromatic N) is 1. The van der Waals surface area contributed by atoms with Gasteiger partial charge >= 0.3 is 0 Å². The molecule has 0 amide bonds. The summed E-state index contributed by atoms with van der Waals surface area (Å²) in [6.07, 6.45) is 2.54. The van der Waals surface area contributed by atoms with Gasteiger partial charge in [0.05, 0.1) is 11.2 Å². The van der Waals surface area contributed by atoms with Crippen molar-refractivity contribution in [2.75, 3.05) is 27.2 Å². The first-order chi connectivity index (χ1) is 8.24. The van der Waals surface area contributed by atoms with E-state index in [0.29, 0.717) is 12.0 Å². The third-order valence-electron chi connectivity index (χ3n) is 4.28. The first-order valence-corrected chi connectivity index (χ1v) is 7.30. The molecule has 1 aliphatic heterocycles. The Labute approximate surface area is 113 Å². The van der Waals surface area contributed by atoms with E-state index in [1.54, 1.807) is 0 Å². The Morgan fingerprint density at radius 2 is 1.78 bits per heavy atom. The number of hydrogen-bond donors (Lipinski definition) is 1. The smallest absolute Gasteiger partial charge is 0.0790 e. The topological polar surface area (TPSA) is 24.5 Å². The molecule has 0 aliphatic carbocycles. The molecule has 108 valence electrons. The zero-order chi connectivity index (χ0) is 14.0. The van der Waals surface area contributed by atoms with Crippen LogP contribution in [0, 0.1) is 5.92 Å². The molecule has 1 N–H and O–H groups in total. The molecule has 3 nitrogen and oxygen atoms in total. The van der Waals surface area contributed by atoms with Crippen LogP contribution in [0.1, 0.15) is 47.5 Å². The number of unbranched alkanes of at least 4 members (excludes halogenated alkanes) is 1. The highest BCUT2D eigenvalue weighted by Gasteiger charge is 2.53. The van der Waals surface area contributed by atoms with Crippen molar-refractivity contribution >= 4 is 0 Å². The van der Waals surface area contributed by atoms with Gasteiger partial charge in [0, 0.05) is 18.5 Å². The lowest BCUT2D eigenvalue weighted by Gasteiger charge is -2.32. The maximum absolute atomic E-state index is 6.27. The van der Waals surface area contributed by atoms with Gasteiger partial charge in [0.1, 0.15) is 0 Å². The van der Waals surface area contributed by atoms with Gasteiger partial charge < -0.3 is 15.0 Å². The van der Waals surface area contributed by atoms with E-state index in [0.717, 1.165) is 6.54 Å². The van der Waals surface area contributed by atoms with E-state index in [2.05, 4.69) is 58.9 Å². The summed E-state index contributed by atoms with van der Waals surface area (Å²) in [5.74, 6) is 0.527. The minimum absolute atomic E-state index is 0.0579. The van der Waals surface area contributed by atoms with Gasteiger partial charge in [0.15, 0.2) is 0 Å². The van der Waals surface area contributed by atoms with E-state index in [1.807, 2.05) is 0 Å². The second-order valence-electron chi connectivity index (χ2n) is 6.80. The molecule has 18 heavy (non-hydrogen) atoms. The molecule has 1 heterocycles. The lowest BCUT2D eigenvalue weighted by Crippen LogP contribution is -2.49. The first-order valence-electron chi connectivity index (χ1n) is 7.30. The van der Waals surface area contributed by atoms with E-state index < -0.39 is 0 Å². The molecule has 2 unspecified atom stereocenters. The van der Waals surface area contributed by atoms with Crippen LogP contribution in [0.25, 0.3) is 0 Å². The normalized spacial score (nSPS) is 30.0. The van der Waals surface area contributed by atoms with Gasteiger partial charge in [-0.2, -0.15) is 0 Å². The zero-order valence-corrected chi connectivity index (χ0v) is 13.3. The monoisotopic (exact) mass is 256 g/mol. The van der Waals surface area contributed by atoms with Gasteiger partial charge in [-0.15, -0.1) is 0 Å². The van der Waals surface area contributed by atoms with Crippen molar-refractivity contribution in [3.05, 3.63) is 0 Å². The van der Waals surface area contributed by atoms with Crippen molar-refractivity contribution in [1.82, 2.24) is 10.2 Å². The maximum Gasteiger partial charge on any atom is 0.0790 e. The number of hydrogen-bond acceptors (Lipinski definition) is 3. The van der Waals surface area contributed by atoms with Crippen molar-refractivity contribution in [1.29, 1.82) is 0 Å². The van der Waals surface area contributed by atoms with Gasteiger partial charge in [0.25, 0.3) is 0 Å². The van der Waals surface area contributed by atoms with Gasteiger partial charge in [-0.25, -0.2) is 0 Å². The Morgan fingerprint density at radius 1 is 1.17 bits per heavy atom. The minimum atomic E-state index is -0.0888. The second kappa shape index (κ2) is 5.89. The van der Waals surface area contributed by atoms with Crippen LogP contribution in [0.5, 0.6) is 0 Å². The summed E-state index contributed by atoms with van der Waals surface area (Å²) >= 11 is 0. The molecule has 1 aliphatic rings. The van der Waals surface area contributed by atoms with Crippen LogP contribution in [0.2, 0.25) is 0 Å². The fraction of sp³-hybridized carbons (Fsp3) is 1.00. The molecule has 3 heteroatoms. The van der Waals surface area contributed by atoms with Crippen LogP contribution in [0.4, 0.5) is 0 Å². The highest BCUT2D eigenvalue weighted by molar-refractivity contribution is 5.05.